The zero-order chi connectivity index (χ0) is 15.1. The maximum Gasteiger partial charge on any atom is 0.276 e. The van der Waals surface area contributed by atoms with Crippen molar-refractivity contribution in [1.82, 2.24) is 10.9 Å². The maximum absolute atomic E-state index is 11.8. The van der Waals surface area contributed by atoms with Gasteiger partial charge in [0.15, 0.2) is 6.61 Å². The molecule has 0 heterocycles. The van der Waals surface area contributed by atoms with Gasteiger partial charge in [-0.05, 0) is 38.3 Å². The van der Waals surface area contributed by atoms with E-state index in [1.165, 1.54) is 0 Å². The molecule has 1 aromatic rings. The van der Waals surface area contributed by atoms with E-state index in [0.29, 0.717) is 5.75 Å². The molecule has 0 fully saturated rings. The Bertz CT molecular complexity index is 523. The summed E-state index contributed by atoms with van der Waals surface area (Å²) in [5, 5.41) is 0. The first-order valence-corrected chi connectivity index (χ1v) is 7.08. The topological polar surface area (TPSA) is 67.4 Å². The lowest BCUT2D eigenvalue weighted by Crippen LogP contribution is -2.46. The van der Waals surface area contributed by atoms with E-state index in [1.807, 2.05) is 25.1 Å². The van der Waals surface area contributed by atoms with Crippen molar-refractivity contribution >= 4 is 11.8 Å². The van der Waals surface area contributed by atoms with Crippen LogP contribution in [0.15, 0.2) is 36.4 Å². The summed E-state index contributed by atoms with van der Waals surface area (Å²) in [6.45, 7) is 1.85. The molecule has 2 rings (SSSR count). The second-order valence-electron chi connectivity index (χ2n) is 5.12. The van der Waals surface area contributed by atoms with Crippen molar-refractivity contribution in [3.8, 4) is 5.75 Å². The summed E-state index contributed by atoms with van der Waals surface area (Å²) in [7, 11) is 0. The molecule has 0 spiro atoms. The normalized spacial score (nSPS) is 17.1. The van der Waals surface area contributed by atoms with E-state index in [4.69, 9.17) is 4.74 Å². The Hall–Kier alpha value is -2.30. The third kappa shape index (κ3) is 4.95. The molecule has 5 nitrogen and oxygen atoms in total. The second-order valence-corrected chi connectivity index (χ2v) is 5.12. The zero-order valence-corrected chi connectivity index (χ0v) is 12.1. The van der Waals surface area contributed by atoms with E-state index in [0.717, 1.165) is 24.8 Å². The van der Waals surface area contributed by atoms with Gasteiger partial charge in [0.1, 0.15) is 5.75 Å². The Kier molecular flexibility index (Phi) is 5.37. The summed E-state index contributed by atoms with van der Waals surface area (Å²) < 4.78 is 5.33. The number of hydrogen-bond donors (Lipinski definition) is 2. The molecule has 2 N–H and O–H groups in total. The van der Waals surface area contributed by atoms with E-state index in [-0.39, 0.29) is 24.3 Å². The Morgan fingerprint density at radius 3 is 2.62 bits per heavy atom. The number of carbonyl (C=O) groups is 2. The molecule has 1 aliphatic carbocycles. The highest BCUT2D eigenvalue weighted by Gasteiger charge is 2.18. The number of carbonyl (C=O) groups excluding carboxylic acids is 2. The number of aryl methyl sites for hydroxylation is 1. The van der Waals surface area contributed by atoms with E-state index < -0.39 is 0 Å². The second kappa shape index (κ2) is 7.47. The van der Waals surface area contributed by atoms with E-state index >= 15 is 0 Å². The molecule has 0 unspecified atom stereocenters. The van der Waals surface area contributed by atoms with Crippen molar-refractivity contribution in [1.29, 1.82) is 0 Å². The van der Waals surface area contributed by atoms with Gasteiger partial charge in [-0.3, -0.25) is 20.4 Å². The van der Waals surface area contributed by atoms with Gasteiger partial charge in [0, 0.05) is 5.92 Å². The van der Waals surface area contributed by atoms with Gasteiger partial charge < -0.3 is 4.74 Å². The van der Waals surface area contributed by atoms with Crippen LogP contribution in [0.4, 0.5) is 0 Å². The number of hydrogen-bond acceptors (Lipinski definition) is 3. The summed E-state index contributed by atoms with van der Waals surface area (Å²) >= 11 is 0. The van der Waals surface area contributed by atoms with Gasteiger partial charge in [0.2, 0.25) is 5.91 Å². The third-order valence-corrected chi connectivity index (χ3v) is 3.36. The Morgan fingerprint density at radius 2 is 1.95 bits per heavy atom. The molecule has 21 heavy (non-hydrogen) atoms. The fraction of sp³-hybridized carbons (Fsp3) is 0.375. The molecule has 0 saturated heterocycles. The number of rotatable bonds is 4. The van der Waals surface area contributed by atoms with Crippen LogP contribution in [-0.2, 0) is 9.59 Å². The third-order valence-electron chi connectivity index (χ3n) is 3.36. The molecular formula is C16H20N2O3. The Morgan fingerprint density at radius 1 is 1.19 bits per heavy atom. The first-order chi connectivity index (χ1) is 10.1. The van der Waals surface area contributed by atoms with Crippen LogP contribution in [-0.4, -0.2) is 18.4 Å². The van der Waals surface area contributed by atoms with Gasteiger partial charge in [-0.15, -0.1) is 0 Å². The monoisotopic (exact) mass is 288 g/mol. The number of ether oxygens (including phenoxy) is 1. The van der Waals surface area contributed by atoms with Crippen LogP contribution < -0.4 is 15.6 Å². The number of nitrogens with one attached hydrogen (secondary N) is 2. The minimum absolute atomic E-state index is 0.0617. The zero-order valence-electron chi connectivity index (χ0n) is 12.1. The van der Waals surface area contributed by atoms with Crippen LogP contribution >= 0.6 is 0 Å². The largest absolute Gasteiger partial charge is 0.484 e. The lowest BCUT2D eigenvalue weighted by molar-refractivity contribution is -0.132. The number of amides is 2. The standard InChI is InChI=1S/C16H20N2O3/c1-12-7-9-14(10-8-12)21-11-15(19)17-18-16(20)13-5-3-2-4-6-13/h2-3,7-10,13H,4-6,11H2,1H3,(H,17,19)(H,18,20)/t13-/m1/s1. The summed E-state index contributed by atoms with van der Waals surface area (Å²) in [6.07, 6.45) is 6.51. The van der Waals surface area contributed by atoms with Crippen molar-refractivity contribution in [2.75, 3.05) is 6.61 Å². The quantitative estimate of drug-likeness (QED) is 0.656. The van der Waals surface area contributed by atoms with E-state index in [1.54, 1.807) is 12.1 Å². The van der Waals surface area contributed by atoms with Crippen molar-refractivity contribution in [3.63, 3.8) is 0 Å². The van der Waals surface area contributed by atoms with Gasteiger partial charge in [-0.2, -0.15) is 0 Å². The van der Waals surface area contributed by atoms with Crippen LogP contribution in [0, 0.1) is 12.8 Å². The van der Waals surface area contributed by atoms with Gasteiger partial charge >= 0.3 is 0 Å². The van der Waals surface area contributed by atoms with Crippen molar-refractivity contribution in [2.24, 2.45) is 5.92 Å². The maximum atomic E-state index is 11.8. The molecule has 0 saturated carbocycles. The summed E-state index contributed by atoms with van der Waals surface area (Å²) in [5.41, 5.74) is 5.94. The summed E-state index contributed by atoms with van der Waals surface area (Å²) in [5.74, 6) is 0.0334. The number of benzene rings is 1. The van der Waals surface area contributed by atoms with Crippen LogP contribution in [0.2, 0.25) is 0 Å². The number of allylic oxidation sites excluding steroid dienone is 2. The molecule has 1 aliphatic rings. The Labute approximate surface area is 124 Å². The predicted molar refractivity (Wildman–Crippen MR) is 79.4 cm³/mol. The predicted octanol–water partition coefficient (Wildman–Crippen LogP) is 1.88. The molecule has 0 aliphatic heterocycles. The van der Waals surface area contributed by atoms with Crippen LogP contribution in [0.25, 0.3) is 0 Å². The SMILES string of the molecule is Cc1ccc(OCC(=O)NNC(=O)[C@@H]2CC=CCC2)cc1. The molecule has 0 bridgehead atoms. The molecule has 5 heteroatoms. The molecule has 2 amide bonds. The van der Waals surface area contributed by atoms with Crippen LogP contribution in [0.5, 0.6) is 5.75 Å². The minimum Gasteiger partial charge on any atom is -0.484 e. The highest BCUT2D eigenvalue weighted by molar-refractivity contribution is 5.84. The van der Waals surface area contributed by atoms with E-state index in [9.17, 15) is 9.59 Å². The summed E-state index contributed by atoms with van der Waals surface area (Å²) in [6, 6.07) is 7.42. The van der Waals surface area contributed by atoms with Gasteiger partial charge in [-0.1, -0.05) is 29.8 Å². The minimum atomic E-state index is -0.379. The highest BCUT2D eigenvalue weighted by Crippen LogP contribution is 2.17. The van der Waals surface area contributed by atoms with Crippen molar-refractivity contribution in [2.45, 2.75) is 26.2 Å². The molecule has 1 atom stereocenters. The molecule has 0 aromatic heterocycles. The fourth-order valence-electron chi connectivity index (χ4n) is 2.08. The van der Waals surface area contributed by atoms with Crippen molar-refractivity contribution < 1.29 is 14.3 Å². The first kappa shape index (κ1) is 15.1. The molecule has 112 valence electrons. The van der Waals surface area contributed by atoms with Crippen molar-refractivity contribution in [3.05, 3.63) is 42.0 Å². The molecule has 0 radical (unpaired) electrons. The average Bonchev–Trinajstić information content (AvgIpc) is 2.53. The Balaban J connectivity index is 1.68. The van der Waals surface area contributed by atoms with Crippen LogP contribution in [0.3, 0.4) is 0 Å². The average molecular weight is 288 g/mol. The van der Waals surface area contributed by atoms with E-state index in [2.05, 4.69) is 16.9 Å². The summed E-state index contributed by atoms with van der Waals surface area (Å²) in [4.78, 5) is 23.4. The number of hydrazine groups is 1. The lowest BCUT2D eigenvalue weighted by atomic mass is 9.94. The highest BCUT2D eigenvalue weighted by atomic mass is 16.5. The first-order valence-electron chi connectivity index (χ1n) is 7.08. The van der Waals surface area contributed by atoms with Crippen LogP contribution in [0.1, 0.15) is 24.8 Å². The molecule has 1 aromatic carbocycles. The molecular weight excluding hydrogens is 268 g/mol. The van der Waals surface area contributed by atoms with Gasteiger partial charge in [-0.25, -0.2) is 0 Å². The smallest absolute Gasteiger partial charge is 0.276 e. The van der Waals surface area contributed by atoms with Gasteiger partial charge in [0.25, 0.3) is 5.91 Å². The van der Waals surface area contributed by atoms with Gasteiger partial charge in [0.05, 0.1) is 0 Å². The fourth-order valence-corrected chi connectivity index (χ4v) is 2.08. The lowest BCUT2D eigenvalue weighted by Gasteiger charge is -2.17.